The first-order chi connectivity index (χ1) is 12.2. The highest BCUT2D eigenvalue weighted by molar-refractivity contribution is 5.89. The van der Waals surface area contributed by atoms with Crippen molar-refractivity contribution in [3.05, 3.63) is 18.2 Å². The second-order valence-corrected chi connectivity index (χ2v) is 6.40. The minimum atomic E-state index is -0.122. The van der Waals surface area contributed by atoms with Crippen LogP contribution < -0.4 is 20.1 Å². The number of amides is 3. The lowest BCUT2D eigenvalue weighted by molar-refractivity contribution is -0.121. The van der Waals surface area contributed by atoms with Gasteiger partial charge in [-0.15, -0.1) is 0 Å². The Bertz CT molecular complexity index is 635. The second kappa shape index (κ2) is 8.09. The standard InChI is InChI=1S/C18H25N3O4/c1-2-17(22)19-11-13-4-3-7-21(12-13)18(23)20-14-5-6-15-16(10-14)25-9-8-24-15/h5-6,10,13H,2-4,7-9,11-12H2,1H3,(H,19,22)(H,20,23)/t13-/m0/s1. The van der Waals surface area contributed by atoms with Crippen molar-refractivity contribution in [3.8, 4) is 11.5 Å². The monoisotopic (exact) mass is 347 g/mol. The van der Waals surface area contributed by atoms with Gasteiger partial charge >= 0.3 is 6.03 Å². The first-order valence-corrected chi connectivity index (χ1v) is 8.88. The predicted octanol–water partition coefficient (Wildman–Crippen LogP) is 2.23. The molecule has 2 heterocycles. The number of nitrogens with one attached hydrogen (secondary N) is 2. The minimum Gasteiger partial charge on any atom is -0.486 e. The lowest BCUT2D eigenvalue weighted by Gasteiger charge is -2.33. The summed E-state index contributed by atoms with van der Waals surface area (Å²) in [5.74, 6) is 1.71. The van der Waals surface area contributed by atoms with Crippen LogP contribution in [0.5, 0.6) is 11.5 Å². The smallest absolute Gasteiger partial charge is 0.321 e. The highest BCUT2D eigenvalue weighted by Crippen LogP contribution is 2.32. The Morgan fingerprint density at radius 2 is 2.04 bits per heavy atom. The molecule has 1 fully saturated rings. The first kappa shape index (κ1) is 17.4. The van der Waals surface area contributed by atoms with Gasteiger partial charge < -0.3 is 25.0 Å². The number of likely N-dealkylation sites (tertiary alicyclic amines) is 1. The molecule has 3 rings (SSSR count). The molecule has 7 heteroatoms. The summed E-state index contributed by atoms with van der Waals surface area (Å²) in [6, 6.07) is 5.29. The van der Waals surface area contributed by atoms with E-state index >= 15 is 0 Å². The number of urea groups is 1. The van der Waals surface area contributed by atoms with Crippen molar-refractivity contribution < 1.29 is 19.1 Å². The van der Waals surface area contributed by atoms with Crippen LogP contribution in [0.1, 0.15) is 26.2 Å². The van der Waals surface area contributed by atoms with Crippen LogP contribution in [-0.4, -0.2) is 49.7 Å². The summed E-state index contributed by atoms with van der Waals surface area (Å²) in [7, 11) is 0. The number of ether oxygens (including phenoxy) is 2. The zero-order valence-electron chi connectivity index (χ0n) is 14.5. The van der Waals surface area contributed by atoms with E-state index < -0.39 is 0 Å². The molecule has 7 nitrogen and oxygen atoms in total. The van der Waals surface area contributed by atoms with Crippen LogP contribution in [0.25, 0.3) is 0 Å². The zero-order chi connectivity index (χ0) is 17.6. The van der Waals surface area contributed by atoms with Crippen molar-refractivity contribution in [2.45, 2.75) is 26.2 Å². The van der Waals surface area contributed by atoms with E-state index in [0.29, 0.717) is 55.8 Å². The zero-order valence-corrected chi connectivity index (χ0v) is 14.5. The Labute approximate surface area is 147 Å². The highest BCUT2D eigenvalue weighted by Gasteiger charge is 2.24. The van der Waals surface area contributed by atoms with Gasteiger partial charge in [0, 0.05) is 37.8 Å². The lowest BCUT2D eigenvalue weighted by atomic mass is 9.98. The first-order valence-electron chi connectivity index (χ1n) is 8.88. The quantitative estimate of drug-likeness (QED) is 0.875. The van der Waals surface area contributed by atoms with Crippen LogP contribution in [0, 0.1) is 5.92 Å². The Kier molecular flexibility index (Phi) is 5.63. The van der Waals surface area contributed by atoms with Crippen molar-refractivity contribution in [1.82, 2.24) is 10.2 Å². The average molecular weight is 347 g/mol. The molecule has 0 saturated carbocycles. The summed E-state index contributed by atoms with van der Waals surface area (Å²) in [6.45, 7) is 4.91. The number of hydrogen-bond acceptors (Lipinski definition) is 4. The molecule has 0 spiro atoms. The van der Waals surface area contributed by atoms with Gasteiger partial charge in [-0.25, -0.2) is 4.79 Å². The number of hydrogen-bond donors (Lipinski definition) is 2. The topological polar surface area (TPSA) is 79.9 Å². The molecular weight excluding hydrogens is 322 g/mol. The number of nitrogens with zero attached hydrogens (tertiary/aromatic N) is 1. The molecule has 3 amide bonds. The molecular formula is C18H25N3O4. The van der Waals surface area contributed by atoms with Crippen LogP contribution >= 0.6 is 0 Å². The Morgan fingerprint density at radius 1 is 1.24 bits per heavy atom. The molecule has 0 radical (unpaired) electrons. The van der Waals surface area contributed by atoms with E-state index in [2.05, 4.69) is 10.6 Å². The van der Waals surface area contributed by atoms with Gasteiger partial charge in [0.25, 0.3) is 0 Å². The average Bonchev–Trinajstić information content (AvgIpc) is 2.66. The fourth-order valence-corrected chi connectivity index (χ4v) is 3.12. The fourth-order valence-electron chi connectivity index (χ4n) is 3.12. The summed E-state index contributed by atoms with van der Waals surface area (Å²) >= 11 is 0. The largest absolute Gasteiger partial charge is 0.486 e. The number of fused-ring (bicyclic) bond motifs is 1. The van der Waals surface area contributed by atoms with E-state index in [-0.39, 0.29) is 11.9 Å². The third-order valence-electron chi connectivity index (χ3n) is 4.51. The SMILES string of the molecule is CCC(=O)NC[C@@H]1CCCN(C(=O)Nc2ccc3c(c2)OCCO3)C1. The number of anilines is 1. The molecule has 1 saturated heterocycles. The van der Waals surface area contributed by atoms with Gasteiger partial charge in [0.15, 0.2) is 11.5 Å². The molecule has 0 bridgehead atoms. The Balaban J connectivity index is 1.54. The Morgan fingerprint density at radius 3 is 2.84 bits per heavy atom. The van der Waals surface area contributed by atoms with E-state index in [9.17, 15) is 9.59 Å². The van der Waals surface area contributed by atoms with Crippen molar-refractivity contribution in [3.63, 3.8) is 0 Å². The van der Waals surface area contributed by atoms with Gasteiger partial charge in [-0.2, -0.15) is 0 Å². The molecule has 2 aliphatic heterocycles. The predicted molar refractivity (Wildman–Crippen MR) is 94.0 cm³/mol. The van der Waals surface area contributed by atoms with Gasteiger partial charge in [-0.3, -0.25) is 4.79 Å². The van der Waals surface area contributed by atoms with Crippen molar-refractivity contribution in [1.29, 1.82) is 0 Å². The van der Waals surface area contributed by atoms with Crippen LogP contribution in [0.15, 0.2) is 18.2 Å². The van der Waals surface area contributed by atoms with E-state index in [0.717, 1.165) is 19.4 Å². The van der Waals surface area contributed by atoms with Gasteiger partial charge in [-0.1, -0.05) is 6.92 Å². The van der Waals surface area contributed by atoms with E-state index in [1.807, 2.05) is 24.0 Å². The molecule has 0 aromatic heterocycles. The molecule has 0 aliphatic carbocycles. The maximum absolute atomic E-state index is 12.5. The molecule has 2 N–H and O–H groups in total. The van der Waals surface area contributed by atoms with Crippen molar-refractivity contribution >= 4 is 17.6 Å². The minimum absolute atomic E-state index is 0.0536. The third-order valence-corrected chi connectivity index (χ3v) is 4.51. The van der Waals surface area contributed by atoms with Gasteiger partial charge in [0.2, 0.25) is 5.91 Å². The van der Waals surface area contributed by atoms with E-state index in [1.165, 1.54) is 0 Å². The van der Waals surface area contributed by atoms with Crippen molar-refractivity contribution in [2.24, 2.45) is 5.92 Å². The Hall–Kier alpha value is -2.44. The lowest BCUT2D eigenvalue weighted by Crippen LogP contribution is -2.45. The van der Waals surface area contributed by atoms with E-state index in [4.69, 9.17) is 9.47 Å². The molecule has 25 heavy (non-hydrogen) atoms. The molecule has 1 aromatic rings. The molecule has 1 aromatic carbocycles. The number of benzene rings is 1. The molecule has 2 aliphatic rings. The summed E-state index contributed by atoms with van der Waals surface area (Å²) in [5, 5.41) is 5.84. The number of rotatable bonds is 4. The number of carbonyl (C=O) groups excluding carboxylic acids is 2. The number of carbonyl (C=O) groups is 2. The second-order valence-electron chi connectivity index (χ2n) is 6.40. The van der Waals surface area contributed by atoms with Crippen LogP contribution in [0.2, 0.25) is 0 Å². The van der Waals surface area contributed by atoms with Crippen LogP contribution in [-0.2, 0) is 4.79 Å². The third kappa shape index (κ3) is 4.55. The van der Waals surface area contributed by atoms with Gasteiger partial charge in [0.1, 0.15) is 13.2 Å². The van der Waals surface area contributed by atoms with Gasteiger partial charge in [-0.05, 0) is 30.9 Å². The molecule has 1 atom stereocenters. The van der Waals surface area contributed by atoms with Crippen LogP contribution in [0.3, 0.4) is 0 Å². The van der Waals surface area contributed by atoms with Gasteiger partial charge in [0.05, 0.1) is 0 Å². The summed E-state index contributed by atoms with van der Waals surface area (Å²) in [4.78, 5) is 25.7. The molecule has 136 valence electrons. The number of piperidine rings is 1. The fraction of sp³-hybridized carbons (Fsp3) is 0.556. The van der Waals surface area contributed by atoms with Crippen molar-refractivity contribution in [2.75, 3.05) is 38.2 Å². The molecule has 0 unspecified atom stereocenters. The highest BCUT2D eigenvalue weighted by atomic mass is 16.6. The van der Waals surface area contributed by atoms with E-state index in [1.54, 1.807) is 6.07 Å². The summed E-state index contributed by atoms with van der Waals surface area (Å²) in [5.41, 5.74) is 0.690. The maximum atomic E-state index is 12.5. The normalized spacial score (nSPS) is 19.2. The summed E-state index contributed by atoms with van der Waals surface area (Å²) < 4.78 is 11.0. The van der Waals surface area contributed by atoms with Crippen LogP contribution in [0.4, 0.5) is 10.5 Å². The maximum Gasteiger partial charge on any atom is 0.321 e. The summed E-state index contributed by atoms with van der Waals surface area (Å²) in [6.07, 6.45) is 2.46.